The Morgan fingerprint density at radius 2 is 1.74 bits per heavy atom. The molecule has 0 spiro atoms. The van der Waals surface area contributed by atoms with Gasteiger partial charge in [0.25, 0.3) is 11.1 Å². The topological polar surface area (TPSA) is 99.0 Å². The second-order valence-electron chi connectivity index (χ2n) is 7.81. The fourth-order valence-corrected chi connectivity index (χ4v) is 4.32. The van der Waals surface area contributed by atoms with E-state index in [1.54, 1.807) is 6.07 Å². The zero-order chi connectivity index (χ0) is 27.6. The highest BCUT2D eigenvalue weighted by Crippen LogP contribution is 2.41. The van der Waals surface area contributed by atoms with E-state index in [2.05, 4.69) is 0 Å². The van der Waals surface area contributed by atoms with Crippen molar-refractivity contribution in [2.24, 2.45) is 0 Å². The van der Waals surface area contributed by atoms with Crippen molar-refractivity contribution in [2.75, 3.05) is 7.11 Å². The van der Waals surface area contributed by atoms with Crippen LogP contribution in [0.5, 0.6) is 17.2 Å². The van der Waals surface area contributed by atoms with E-state index in [-0.39, 0.29) is 28.5 Å². The Bertz CT molecular complexity index is 1470. The second-order valence-corrected chi connectivity index (χ2v) is 8.80. The summed E-state index contributed by atoms with van der Waals surface area (Å²) < 4.78 is 63.6. The number of methoxy groups -OCH3 is 1. The van der Waals surface area contributed by atoms with Crippen LogP contribution < -0.4 is 9.47 Å². The molecule has 1 heterocycles. The molecule has 0 N–H and O–H groups in total. The van der Waals surface area contributed by atoms with Crippen LogP contribution in [0.25, 0.3) is 6.08 Å². The summed E-state index contributed by atoms with van der Waals surface area (Å²) >= 11 is 0.668. The number of benzene rings is 3. The number of hydrogen-bond donors (Lipinski definition) is 0. The number of halogens is 4. The predicted molar refractivity (Wildman–Crippen MR) is 129 cm³/mol. The lowest BCUT2D eigenvalue weighted by molar-refractivity contribution is -0.385. The molecule has 0 radical (unpaired) electrons. The second kappa shape index (κ2) is 10.5. The number of hydrogen-bond acceptors (Lipinski definition) is 7. The number of nitro groups is 1. The number of carbonyl (C=O) groups excluding carboxylic acids is 2. The van der Waals surface area contributed by atoms with Crippen LogP contribution in [-0.4, -0.2) is 28.1 Å². The van der Waals surface area contributed by atoms with Gasteiger partial charge in [0, 0.05) is 11.6 Å². The van der Waals surface area contributed by atoms with Gasteiger partial charge < -0.3 is 9.47 Å². The Hall–Kier alpha value is -4.39. The van der Waals surface area contributed by atoms with Gasteiger partial charge in [-0.25, -0.2) is 4.39 Å². The molecule has 38 heavy (non-hydrogen) atoms. The van der Waals surface area contributed by atoms with Gasteiger partial charge in [0.05, 0.1) is 29.0 Å². The molecule has 0 aromatic heterocycles. The molecule has 196 valence electrons. The van der Waals surface area contributed by atoms with Gasteiger partial charge in [-0.1, -0.05) is 24.3 Å². The number of nitro benzene ring substituents is 1. The van der Waals surface area contributed by atoms with Crippen molar-refractivity contribution in [3.05, 3.63) is 98.2 Å². The minimum Gasteiger partial charge on any atom is -0.493 e. The molecule has 0 saturated carbocycles. The molecule has 0 unspecified atom stereocenters. The molecule has 1 saturated heterocycles. The zero-order valence-electron chi connectivity index (χ0n) is 19.3. The summed E-state index contributed by atoms with van der Waals surface area (Å²) in [5, 5.41) is 10.8. The molecule has 3 aromatic carbocycles. The average Bonchev–Trinajstić information content (AvgIpc) is 3.12. The average molecular weight is 548 g/mol. The van der Waals surface area contributed by atoms with Gasteiger partial charge in [-0.05, 0) is 53.7 Å². The number of amides is 2. The third-order valence-electron chi connectivity index (χ3n) is 5.35. The minimum atomic E-state index is -4.78. The summed E-state index contributed by atoms with van der Waals surface area (Å²) in [5.74, 6) is -1.60. The molecule has 1 fully saturated rings. The van der Waals surface area contributed by atoms with Gasteiger partial charge in [0.15, 0.2) is 11.5 Å². The van der Waals surface area contributed by atoms with Gasteiger partial charge in [-0.3, -0.25) is 24.6 Å². The van der Waals surface area contributed by atoms with E-state index in [0.29, 0.717) is 29.5 Å². The van der Waals surface area contributed by atoms with Crippen LogP contribution in [0.3, 0.4) is 0 Å². The quantitative estimate of drug-likeness (QED) is 0.139. The van der Waals surface area contributed by atoms with E-state index >= 15 is 0 Å². The van der Waals surface area contributed by atoms with Crippen molar-refractivity contribution in [3.63, 3.8) is 0 Å². The SMILES string of the molecule is COc1cc(/C=C2/SC(=O)N(Cc3ccccc3F)C2=O)ccc1Oc1ccc(C(F)(F)F)cc1[N+](=O)[O-]. The maximum atomic E-state index is 14.0. The number of alkyl halides is 3. The van der Waals surface area contributed by atoms with Crippen molar-refractivity contribution < 1.29 is 41.5 Å². The smallest absolute Gasteiger partial charge is 0.416 e. The van der Waals surface area contributed by atoms with Crippen molar-refractivity contribution in [1.82, 2.24) is 4.90 Å². The number of rotatable bonds is 7. The highest BCUT2D eigenvalue weighted by Gasteiger charge is 2.36. The summed E-state index contributed by atoms with van der Waals surface area (Å²) in [5.41, 5.74) is -1.53. The molecule has 1 aliphatic heterocycles. The zero-order valence-corrected chi connectivity index (χ0v) is 20.1. The number of nitrogens with zero attached hydrogens (tertiary/aromatic N) is 2. The van der Waals surface area contributed by atoms with Crippen LogP contribution in [0.1, 0.15) is 16.7 Å². The van der Waals surface area contributed by atoms with Crippen LogP contribution in [0, 0.1) is 15.9 Å². The summed E-state index contributed by atoms with van der Waals surface area (Å²) in [6, 6.07) is 11.8. The van der Waals surface area contributed by atoms with Crippen molar-refractivity contribution in [2.45, 2.75) is 12.7 Å². The van der Waals surface area contributed by atoms with E-state index in [1.807, 2.05) is 0 Å². The summed E-state index contributed by atoms with van der Waals surface area (Å²) in [6.07, 6.45) is -3.38. The van der Waals surface area contributed by atoms with Gasteiger partial charge in [0.1, 0.15) is 5.82 Å². The third kappa shape index (κ3) is 5.62. The highest BCUT2D eigenvalue weighted by atomic mass is 32.2. The fourth-order valence-electron chi connectivity index (χ4n) is 3.48. The van der Waals surface area contributed by atoms with Crippen LogP contribution in [0.2, 0.25) is 0 Å². The van der Waals surface area contributed by atoms with Crippen molar-refractivity contribution in [3.8, 4) is 17.2 Å². The highest BCUT2D eigenvalue weighted by molar-refractivity contribution is 8.18. The van der Waals surface area contributed by atoms with Gasteiger partial charge >= 0.3 is 11.9 Å². The lowest BCUT2D eigenvalue weighted by Crippen LogP contribution is -2.27. The van der Waals surface area contributed by atoms with Gasteiger partial charge in [0.2, 0.25) is 5.75 Å². The Kier molecular flexibility index (Phi) is 7.39. The van der Waals surface area contributed by atoms with Crippen molar-refractivity contribution >= 4 is 34.7 Å². The molecule has 13 heteroatoms. The first-order valence-corrected chi connectivity index (χ1v) is 11.5. The summed E-state index contributed by atoms with van der Waals surface area (Å²) in [6.45, 7) is -0.239. The first-order valence-electron chi connectivity index (χ1n) is 10.7. The third-order valence-corrected chi connectivity index (χ3v) is 6.26. The first-order chi connectivity index (χ1) is 18.0. The van der Waals surface area contributed by atoms with E-state index in [1.165, 1.54) is 49.6 Å². The van der Waals surface area contributed by atoms with Crippen LogP contribution >= 0.6 is 11.8 Å². The molecule has 0 bridgehead atoms. The maximum Gasteiger partial charge on any atom is 0.416 e. The molecular formula is C25H16F4N2O6S. The Morgan fingerprint density at radius 1 is 1.03 bits per heavy atom. The van der Waals surface area contributed by atoms with E-state index in [0.717, 1.165) is 11.0 Å². The van der Waals surface area contributed by atoms with Crippen molar-refractivity contribution in [1.29, 1.82) is 0 Å². The Morgan fingerprint density at radius 3 is 2.39 bits per heavy atom. The fraction of sp³-hybridized carbons (Fsp3) is 0.120. The molecule has 3 aromatic rings. The van der Waals surface area contributed by atoms with Crippen LogP contribution in [0.4, 0.5) is 28.0 Å². The number of ether oxygens (including phenoxy) is 2. The van der Waals surface area contributed by atoms with E-state index in [4.69, 9.17) is 9.47 Å². The number of imide groups is 1. The normalized spacial score (nSPS) is 14.8. The summed E-state index contributed by atoms with van der Waals surface area (Å²) in [4.78, 5) is 36.5. The molecule has 2 amide bonds. The number of carbonyl (C=O) groups is 2. The van der Waals surface area contributed by atoms with E-state index < -0.39 is 45.1 Å². The maximum absolute atomic E-state index is 14.0. The molecule has 0 aliphatic carbocycles. The monoisotopic (exact) mass is 548 g/mol. The lowest BCUT2D eigenvalue weighted by Gasteiger charge is -2.13. The summed E-state index contributed by atoms with van der Waals surface area (Å²) in [7, 11) is 1.27. The Balaban J connectivity index is 1.58. The van der Waals surface area contributed by atoms with E-state index in [9.17, 15) is 37.3 Å². The molecule has 8 nitrogen and oxygen atoms in total. The van der Waals surface area contributed by atoms with Gasteiger partial charge in [-0.15, -0.1) is 0 Å². The lowest BCUT2D eigenvalue weighted by atomic mass is 10.1. The number of thioether (sulfide) groups is 1. The van der Waals surface area contributed by atoms with Crippen LogP contribution in [0.15, 0.2) is 65.6 Å². The standard InChI is InChI=1S/C25H16F4N2O6S/c1-36-21-10-14(11-22-23(32)30(24(33)38-22)13-15-4-2-3-5-17(15)26)6-8-20(21)37-19-9-7-16(25(27,28)29)12-18(19)31(34)35/h2-12H,13H2,1H3/b22-11+. The Labute approximate surface area is 216 Å². The van der Waals surface area contributed by atoms with Gasteiger partial charge in [-0.2, -0.15) is 13.2 Å². The minimum absolute atomic E-state index is 0.0415. The molecule has 1 aliphatic rings. The van der Waals surface area contributed by atoms with Crippen LogP contribution in [-0.2, 0) is 17.5 Å². The molecular weight excluding hydrogens is 532 g/mol. The molecule has 0 atom stereocenters. The largest absolute Gasteiger partial charge is 0.493 e. The first kappa shape index (κ1) is 26.7. The predicted octanol–water partition coefficient (Wildman–Crippen LogP) is 6.79. The molecule has 4 rings (SSSR count).